The molecular weight excluding hydrogens is 256 g/mol. The predicted molar refractivity (Wildman–Crippen MR) is 75.5 cm³/mol. The Morgan fingerprint density at radius 1 is 1.40 bits per heavy atom. The van der Waals surface area contributed by atoms with E-state index in [-0.39, 0.29) is 12.5 Å². The number of amides is 1. The van der Waals surface area contributed by atoms with Crippen LogP contribution in [0.15, 0.2) is 27.7 Å². The van der Waals surface area contributed by atoms with Gasteiger partial charge in [-0.1, -0.05) is 0 Å². The Balaban J connectivity index is 1.96. The molecule has 0 fully saturated rings. The normalized spacial score (nSPS) is 11.7. The number of nitrogens with one attached hydrogen (secondary N) is 1. The van der Waals surface area contributed by atoms with Crippen molar-refractivity contribution in [2.75, 3.05) is 0 Å². The highest BCUT2D eigenvalue weighted by molar-refractivity contribution is 5.96. The summed E-state index contributed by atoms with van der Waals surface area (Å²) in [5.41, 5.74) is 4.96. The minimum atomic E-state index is -0.223. The molecule has 6 heteroatoms. The molecule has 2 aromatic heterocycles. The van der Waals surface area contributed by atoms with Gasteiger partial charge in [0.15, 0.2) is 0 Å². The fourth-order valence-electron chi connectivity index (χ4n) is 1.84. The average Bonchev–Trinajstić information content (AvgIpc) is 2.93. The summed E-state index contributed by atoms with van der Waals surface area (Å²) >= 11 is 0. The summed E-state index contributed by atoms with van der Waals surface area (Å²) in [7, 11) is 0. The Hall–Kier alpha value is -2.37. The third-order valence-electron chi connectivity index (χ3n) is 2.84. The minimum absolute atomic E-state index is 0.146. The SMILES string of the molecule is C/C(=N\NC(=O)Cn1nc(C)cc1C)c1ccc(C)o1. The maximum atomic E-state index is 11.8. The summed E-state index contributed by atoms with van der Waals surface area (Å²) in [6.07, 6.45) is 0. The number of aryl methyl sites for hydroxylation is 3. The molecule has 0 unspecified atom stereocenters. The molecular formula is C14H18N4O2. The predicted octanol–water partition coefficient (Wildman–Crippen LogP) is 1.94. The molecule has 0 atom stereocenters. The summed E-state index contributed by atoms with van der Waals surface area (Å²) in [6, 6.07) is 5.60. The molecule has 6 nitrogen and oxygen atoms in total. The second-order valence-corrected chi connectivity index (χ2v) is 4.73. The van der Waals surface area contributed by atoms with Crippen molar-refractivity contribution in [3.05, 3.63) is 41.1 Å². The molecule has 0 aliphatic carbocycles. The number of carbonyl (C=O) groups excluding carboxylic acids is 1. The monoisotopic (exact) mass is 274 g/mol. The Kier molecular flexibility index (Phi) is 4.02. The molecule has 2 aromatic rings. The first-order valence-corrected chi connectivity index (χ1v) is 6.36. The van der Waals surface area contributed by atoms with Crippen molar-refractivity contribution < 1.29 is 9.21 Å². The molecule has 0 aliphatic rings. The average molecular weight is 274 g/mol. The first kappa shape index (κ1) is 14.0. The topological polar surface area (TPSA) is 72.4 Å². The number of furan rings is 1. The van der Waals surface area contributed by atoms with E-state index in [0.717, 1.165) is 17.1 Å². The molecule has 2 rings (SSSR count). The van der Waals surface area contributed by atoms with Gasteiger partial charge in [0.25, 0.3) is 5.91 Å². The minimum Gasteiger partial charge on any atom is -0.460 e. The molecule has 0 saturated heterocycles. The van der Waals surface area contributed by atoms with Gasteiger partial charge in [-0.25, -0.2) is 5.43 Å². The Morgan fingerprint density at radius 3 is 2.70 bits per heavy atom. The number of hydrogen-bond donors (Lipinski definition) is 1. The van der Waals surface area contributed by atoms with E-state index in [9.17, 15) is 4.79 Å². The van der Waals surface area contributed by atoms with Crippen LogP contribution >= 0.6 is 0 Å². The van der Waals surface area contributed by atoms with E-state index in [1.807, 2.05) is 39.0 Å². The molecule has 0 aromatic carbocycles. The number of rotatable bonds is 4. The van der Waals surface area contributed by atoms with Crippen molar-refractivity contribution in [1.29, 1.82) is 0 Å². The third-order valence-corrected chi connectivity index (χ3v) is 2.84. The number of hydrogen-bond acceptors (Lipinski definition) is 4. The van der Waals surface area contributed by atoms with Crippen LogP contribution in [0.2, 0.25) is 0 Å². The highest BCUT2D eigenvalue weighted by atomic mass is 16.3. The van der Waals surface area contributed by atoms with Crippen LogP contribution in [0, 0.1) is 20.8 Å². The van der Waals surface area contributed by atoms with E-state index >= 15 is 0 Å². The van der Waals surface area contributed by atoms with Gasteiger partial charge in [-0.2, -0.15) is 10.2 Å². The Morgan fingerprint density at radius 2 is 2.15 bits per heavy atom. The van der Waals surface area contributed by atoms with Crippen LogP contribution in [0.4, 0.5) is 0 Å². The molecule has 0 spiro atoms. The molecule has 1 N–H and O–H groups in total. The number of nitrogens with zero attached hydrogens (tertiary/aromatic N) is 3. The van der Waals surface area contributed by atoms with E-state index in [4.69, 9.17) is 4.42 Å². The van der Waals surface area contributed by atoms with E-state index < -0.39 is 0 Å². The quantitative estimate of drug-likeness (QED) is 0.684. The van der Waals surface area contributed by atoms with Gasteiger partial charge in [-0.05, 0) is 45.9 Å². The number of carbonyl (C=O) groups is 1. The zero-order valence-electron chi connectivity index (χ0n) is 12.1. The van der Waals surface area contributed by atoms with Crippen LogP contribution in [0.5, 0.6) is 0 Å². The smallest absolute Gasteiger partial charge is 0.261 e. The summed E-state index contributed by atoms with van der Waals surface area (Å²) in [6.45, 7) is 7.59. The molecule has 0 saturated carbocycles. The lowest BCUT2D eigenvalue weighted by Crippen LogP contribution is -2.25. The molecule has 0 bridgehead atoms. The number of aromatic nitrogens is 2. The van der Waals surface area contributed by atoms with Crippen molar-refractivity contribution in [1.82, 2.24) is 15.2 Å². The van der Waals surface area contributed by atoms with E-state index in [0.29, 0.717) is 11.5 Å². The van der Waals surface area contributed by atoms with E-state index in [1.165, 1.54) is 0 Å². The Labute approximate surface area is 117 Å². The highest BCUT2D eigenvalue weighted by Gasteiger charge is 2.07. The van der Waals surface area contributed by atoms with Crippen molar-refractivity contribution >= 4 is 11.6 Å². The largest absolute Gasteiger partial charge is 0.460 e. The van der Waals surface area contributed by atoms with Crippen LogP contribution in [-0.2, 0) is 11.3 Å². The lowest BCUT2D eigenvalue weighted by Gasteiger charge is -2.03. The van der Waals surface area contributed by atoms with Gasteiger partial charge in [-0.15, -0.1) is 0 Å². The fourth-order valence-corrected chi connectivity index (χ4v) is 1.84. The second kappa shape index (κ2) is 5.73. The fraction of sp³-hybridized carbons (Fsp3) is 0.357. The van der Waals surface area contributed by atoms with E-state index in [1.54, 1.807) is 11.6 Å². The first-order chi connectivity index (χ1) is 9.45. The van der Waals surface area contributed by atoms with Crippen molar-refractivity contribution in [3.8, 4) is 0 Å². The van der Waals surface area contributed by atoms with Gasteiger partial charge in [0.05, 0.1) is 5.69 Å². The summed E-state index contributed by atoms with van der Waals surface area (Å²) in [5.74, 6) is 1.23. The number of hydrazone groups is 1. The second-order valence-electron chi connectivity index (χ2n) is 4.73. The molecule has 1 amide bonds. The van der Waals surface area contributed by atoms with Crippen LogP contribution in [0.25, 0.3) is 0 Å². The molecule has 20 heavy (non-hydrogen) atoms. The maximum Gasteiger partial charge on any atom is 0.261 e. The van der Waals surface area contributed by atoms with Crippen molar-refractivity contribution in [2.24, 2.45) is 5.10 Å². The van der Waals surface area contributed by atoms with Gasteiger partial charge in [-0.3, -0.25) is 9.48 Å². The lowest BCUT2D eigenvalue weighted by molar-refractivity contribution is -0.121. The maximum absolute atomic E-state index is 11.8. The van der Waals surface area contributed by atoms with Crippen molar-refractivity contribution in [2.45, 2.75) is 34.2 Å². The van der Waals surface area contributed by atoms with Gasteiger partial charge in [0.1, 0.15) is 23.8 Å². The molecule has 0 aliphatic heterocycles. The van der Waals surface area contributed by atoms with Gasteiger partial charge in [0, 0.05) is 5.69 Å². The zero-order valence-corrected chi connectivity index (χ0v) is 12.1. The van der Waals surface area contributed by atoms with Crippen LogP contribution in [-0.4, -0.2) is 21.4 Å². The summed E-state index contributed by atoms with van der Waals surface area (Å²) in [4.78, 5) is 11.8. The molecule has 2 heterocycles. The van der Waals surface area contributed by atoms with Crippen molar-refractivity contribution in [3.63, 3.8) is 0 Å². The summed E-state index contributed by atoms with van der Waals surface area (Å²) in [5, 5.41) is 8.25. The van der Waals surface area contributed by atoms with Crippen LogP contribution in [0.1, 0.15) is 29.8 Å². The third kappa shape index (κ3) is 3.34. The summed E-state index contributed by atoms with van der Waals surface area (Å²) < 4.78 is 7.06. The van der Waals surface area contributed by atoms with E-state index in [2.05, 4.69) is 15.6 Å². The zero-order chi connectivity index (χ0) is 14.7. The molecule has 0 radical (unpaired) electrons. The first-order valence-electron chi connectivity index (χ1n) is 6.36. The van der Waals surface area contributed by atoms with Gasteiger partial charge in [0.2, 0.25) is 0 Å². The Bertz CT molecular complexity index is 652. The van der Waals surface area contributed by atoms with Crippen LogP contribution < -0.4 is 5.43 Å². The van der Waals surface area contributed by atoms with Gasteiger partial charge >= 0.3 is 0 Å². The molecule has 106 valence electrons. The van der Waals surface area contributed by atoms with Crippen LogP contribution in [0.3, 0.4) is 0 Å². The van der Waals surface area contributed by atoms with Gasteiger partial charge < -0.3 is 4.42 Å². The lowest BCUT2D eigenvalue weighted by atomic mass is 10.3. The standard InChI is InChI=1S/C14H18N4O2/c1-9-7-10(2)18(17-9)8-14(19)16-15-12(4)13-6-5-11(3)20-13/h5-7H,8H2,1-4H3,(H,16,19)/b15-12+. The highest BCUT2D eigenvalue weighted by Crippen LogP contribution is 2.07.